The van der Waals surface area contributed by atoms with Gasteiger partial charge in [0.1, 0.15) is 18.0 Å². The Labute approximate surface area is 237 Å². The first kappa shape index (κ1) is 29.6. The SMILES string of the molecule is COc1ccc(C2=NN(C(=O)CN(CCN3CCOCC3)C(=O)CC(C)(C)C)[C@@H](c3ccccc3)C2)c(OC)c1. The highest BCUT2D eigenvalue weighted by Crippen LogP contribution is 2.36. The van der Waals surface area contributed by atoms with Crippen molar-refractivity contribution >= 4 is 17.5 Å². The molecule has 2 aromatic carbocycles. The fraction of sp³-hybridized carbons (Fsp3) is 0.516. The van der Waals surface area contributed by atoms with Crippen LogP contribution in [-0.2, 0) is 14.3 Å². The van der Waals surface area contributed by atoms with Gasteiger partial charge >= 0.3 is 0 Å². The highest BCUT2D eigenvalue weighted by Gasteiger charge is 2.35. The number of ether oxygens (including phenoxy) is 3. The molecule has 0 aliphatic carbocycles. The predicted octanol–water partition coefficient (Wildman–Crippen LogP) is 3.98. The predicted molar refractivity (Wildman–Crippen MR) is 155 cm³/mol. The van der Waals surface area contributed by atoms with Gasteiger partial charge in [0.15, 0.2) is 0 Å². The second-order valence-corrected chi connectivity index (χ2v) is 11.5. The van der Waals surface area contributed by atoms with Crippen molar-refractivity contribution in [1.82, 2.24) is 14.8 Å². The molecule has 4 rings (SSSR count). The molecule has 9 heteroatoms. The summed E-state index contributed by atoms with van der Waals surface area (Å²) in [6.07, 6.45) is 0.894. The normalized spacial score (nSPS) is 17.9. The molecule has 1 fully saturated rings. The van der Waals surface area contributed by atoms with Crippen LogP contribution < -0.4 is 9.47 Å². The number of carbonyl (C=O) groups is 2. The van der Waals surface area contributed by atoms with Crippen LogP contribution in [-0.4, -0.2) is 92.5 Å². The van der Waals surface area contributed by atoms with Crippen molar-refractivity contribution < 1.29 is 23.8 Å². The molecule has 9 nitrogen and oxygen atoms in total. The number of hydrogen-bond acceptors (Lipinski definition) is 7. The molecule has 216 valence electrons. The van der Waals surface area contributed by atoms with Gasteiger partial charge in [-0.1, -0.05) is 51.1 Å². The zero-order valence-electron chi connectivity index (χ0n) is 24.4. The number of morpholine rings is 1. The summed E-state index contributed by atoms with van der Waals surface area (Å²) in [4.78, 5) is 31.3. The number of hydrogen-bond donors (Lipinski definition) is 0. The molecule has 1 saturated heterocycles. The zero-order valence-corrected chi connectivity index (χ0v) is 24.4. The van der Waals surface area contributed by atoms with Gasteiger partial charge in [-0.25, -0.2) is 5.01 Å². The lowest BCUT2D eigenvalue weighted by Gasteiger charge is -2.32. The van der Waals surface area contributed by atoms with Crippen molar-refractivity contribution in [2.75, 3.05) is 60.2 Å². The number of rotatable bonds is 10. The van der Waals surface area contributed by atoms with E-state index in [0.717, 1.165) is 29.9 Å². The third kappa shape index (κ3) is 7.61. The minimum absolute atomic E-state index is 0.0226. The molecule has 1 atom stereocenters. The van der Waals surface area contributed by atoms with Crippen LogP contribution in [0.1, 0.15) is 50.8 Å². The fourth-order valence-corrected chi connectivity index (χ4v) is 5.05. The lowest BCUT2D eigenvalue weighted by molar-refractivity contribution is -0.142. The Morgan fingerprint density at radius 1 is 1.05 bits per heavy atom. The minimum atomic E-state index is -0.283. The Hall–Kier alpha value is -3.43. The lowest BCUT2D eigenvalue weighted by atomic mass is 9.91. The second kappa shape index (κ2) is 13.3. The van der Waals surface area contributed by atoms with Crippen LogP contribution in [0.2, 0.25) is 0 Å². The van der Waals surface area contributed by atoms with E-state index in [0.29, 0.717) is 50.6 Å². The molecule has 0 N–H and O–H groups in total. The van der Waals surface area contributed by atoms with E-state index >= 15 is 0 Å². The van der Waals surface area contributed by atoms with Crippen LogP contribution in [0.5, 0.6) is 11.5 Å². The molecule has 0 bridgehead atoms. The summed E-state index contributed by atoms with van der Waals surface area (Å²) >= 11 is 0. The Balaban J connectivity index is 1.60. The first-order valence-corrected chi connectivity index (χ1v) is 13.9. The van der Waals surface area contributed by atoms with Gasteiger partial charge in [0, 0.05) is 50.7 Å². The maximum Gasteiger partial charge on any atom is 0.262 e. The van der Waals surface area contributed by atoms with Crippen LogP contribution in [0.4, 0.5) is 0 Å². The molecule has 0 saturated carbocycles. The molecule has 0 radical (unpaired) electrons. The number of amides is 2. The van der Waals surface area contributed by atoms with Gasteiger partial charge in [0.25, 0.3) is 5.91 Å². The molecule has 0 aromatic heterocycles. The number of hydrazone groups is 1. The van der Waals surface area contributed by atoms with Crippen LogP contribution >= 0.6 is 0 Å². The van der Waals surface area contributed by atoms with E-state index in [1.165, 1.54) is 0 Å². The van der Waals surface area contributed by atoms with Crippen LogP contribution in [0.3, 0.4) is 0 Å². The van der Waals surface area contributed by atoms with E-state index in [9.17, 15) is 9.59 Å². The number of carbonyl (C=O) groups excluding carboxylic acids is 2. The number of methoxy groups -OCH3 is 2. The Kier molecular flexibility index (Phi) is 9.81. The van der Waals surface area contributed by atoms with Gasteiger partial charge in [-0.3, -0.25) is 14.5 Å². The second-order valence-electron chi connectivity index (χ2n) is 11.5. The molecular weight excluding hydrogens is 508 g/mol. The molecule has 2 heterocycles. The zero-order chi connectivity index (χ0) is 28.7. The average molecular weight is 551 g/mol. The Morgan fingerprint density at radius 2 is 1.77 bits per heavy atom. The molecule has 40 heavy (non-hydrogen) atoms. The average Bonchev–Trinajstić information content (AvgIpc) is 3.40. The lowest BCUT2D eigenvalue weighted by Crippen LogP contribution is -2.47. The summed E-state index contributed by atoms with van der Waals surface area (Å²) in [7, 11) is 3.22. The summed E-state index contributed by atoms with van der Waals surface area (Å²) in [6.45, 7) is 10.3. The van der Waals surface area contributed by atoms with Crippen LogP contribution in [0.25, 0.3) is 0 Å². The van der Waals surface area contributed by atoms with Gasteiger partial charge < -0.3 is 19.1 Å². The van der Waals surface area contributed by atoms with Crippen molar-refractivity contribution in [1.29, 1.82) is 0 Å². The van der Waals surface area contributed by atoms with Crippen LogP contribution in [0, 0.1) is 5.41 Å². The molecule has 2 aliphatic heterocycles. The molecule has 2 aromatic rings. The van der Waals surface area contributed by atoms with Gasteiger partial charge in [0.2, 0.25) is 5.91 Å². The quantitative estimate of drug-likeness (QED) is 0.445. The van der Waals surface area contributed by atoms with Crippen molar-refractivity contribution in [3.8, 4) is 11.5 Å². The monoisotopic (exact) mass is 550 g/mol. The molecule has 0 spiro atoms. The molecule has 0 unspecified atom stereocenters. The third-order valence-electron chi connectivity index (χ3n) is 7.22. The van der Waals surface area contributed by atoms with Crippen molar-refractivity contribution in [3.05, 3.63) is 59.7 Å². The van der Waals surface area contributed by atoms with Crippen molar-refractivity contribution in [2.45, 2.75) is 39.7 Å². The maximum absolute atomic E-state index is 13.9. The molecule has 2 amide bonds. The van der Waals surface area contributed by atoms with E-state index in [1.54, 1.807) is 24.1 Å². The summed E-state index contributed by atoms with van der Waals surface area (Å²) < 4.78 is 16.5. The molecular formula is C31H42N4O5. The minimum Gasteiger partial charge on any atom is -0.497 e. The van der Waals surface area contributed by atoms with E-state index in [-0.39, 0.29) is 29.8 Å². The molecule has 2 aliphatic rings. The highest BCUT2D eigenvalue weighted by atomic mass is 16.5. The van der Waals surface area contributed by atoms with Gasteiger partial charge in [-0.15, -0.1) is 0 Å². The Bertz CT molecular complexity index is 1190. The number of nitrogens with zero attached hydrogens (tertiary/aromatic N) is 4. The summed E-state index contributed by atoms with van der Waals surface area (Å²) in [5.41, 5.74) is 2.37. The van der Waals surface area contributed by atoms with E-state index in [4.69, 9.17) is 19.3 Å². The van der Waals surface area contributed by atoms with Gasteiger partial charge in [-0.2, -0.15) is 5.10 Å². The topological polar surface area (TPSA) is 83.9 Å². The van der Waals surface area contributed by atoms with E-state index in [2.05, 4.69) is 4.90 Å². The van der Waals surface area contributed by atoms with E-state index < -0.39 is 0 Å². The summed E-state index contributed by atoms with van der Waals surface area (Å²) in [5.74, 6) is 1.08. The summed E-state index contributed by atoms with van der Waals surface area (Å²) in [5, 5.41) is 6.39. The smallest absolute Gasteiger partial charge is 0.262 e. The maximum atomic E-state index is 13.9. The van der Waals surface area contributed by atoms with Crippen LogP contribution in [0.15, 0.2) is 53.6 Å². The highest BCUT2D eigenvalue weighted by molar-refractivity contribution is 6.05. The fourth-order valence-electron chi connectivity index (χ4n) is 5.05. The van der Waals surface area contributed by atoms with E-state index in [1.807, 2.05) is 69.3 Å². The number of benzene rings is 2. The van der Waals surface area contributed by atoms with Crippen molar-refractivity contribution in [2.24, 2.45) is 10.5 Å². The first-order chi connectivity index (χ1) is 19.2. The first-order valence-electron chi connectivity index (χ1n) is 13.9. The van der Waals surface area contributed by atoms with Gasteiger partial charge in [0.05, 0.1) is 39.2 Å². The standard InChI is InChI=1S/C31H42N4O5/c1-31(2,3)21-29(36)34(14-13-33-15-17-40-18-16-33)22-30(37)35-27(23-9-7-6-8-10-23)20-26(32-35)25-12-11-24(38-4)19-28(25)39-5/h6-12,19,27H,13-18,20-22H2,1-5H3/t27-/m1/s1. The third-order valence-corrected chi connectivity index (χ3v) is 7.22. The Morgan fingerprint density at radius 3 is 2.42 bits per heavy atom. The summed E-state index contributed by atoms with van der Waals surface area (Å²) in [6, 6.07) is 15.2. The van der Waals surface area contributed by atoms with Gasteiger partial charge in [-0.05, 0) is 23.1 Å². The largest absolute Gasteiger partial charge is 0.497 e. The van der Waals surface area contributed by atoms with Crippen molar-refractivity contribution in [3.63, 3.8) is 0 Å².